The number of halogens is 1. The summed E-state index contributed by atoms with van der Waals surface area (Å²) in [5.41, 5.74) is 0.546. The van der Waals surface area contributed by atoms with Crippen molar-refractivity contribution < 1.29 is 13.7 Å². The second kappa shape index (κ2) is 5.62. The molecule has 0 bridgehead atoms. The van der Waals surface area contributed by atoms with E-state index in [2.05, 4.69) is 10.1 Å². The van der Waals surface area contributed by atoms with Gasteiger partial charge in [0.15, 0.2) is 24.0 Å². The molecule has 5 heteroatoms. The third-order valence-corrected chi connectivity index (χ3v) is 2.49. The van der Waals surface area contributed by atoms with E-state index in [1.54, 1.807) is 25.1 Å². The van der Waals surface area contributed by atoms with Gasteiger partial charge < -0.3 is 9.26 Å². The normalized spacial score (nSPS) is 10.6. The van der Waals surface area contributed by atoms with Gasteiger partial charge in [0, 0.05) is 6.42 Å². The molecular formula is C13H15FN2O2. The Kier molecular flexibility index (Phi) is 3.92. The van der Waals surface area contributed by atoms with E-state index in [0.29, 0.717) is 17.3 Å². The number of nitrogens with zero attached hydrogens (tertiary/aromatic N) is 2. The third kappa shape index (κ3) is 2.85. The predicted octanol–water partition coefficient (Wildman–Crippen LogP) is 3.05. The van der Waals surface area contributed by atoms with Crippen molar-refractivity contribution in [3.63, 3.8) is 0 Å². The van der Waals surface area contributed by atoms with Crippen molar-refractivity contribution >= 4 is 0 Å². The molecule has 0 aliphatic carbocycles. The molecule has 1 aromatic heterocycles. The van der Waals surface area contributed by atoms with Gasteiger partial charge in [0.2, 0.25) is 0 Å². The maximum atomic E-state index is 13.6. The highest BCUT2D eigenvalue weighted by Crippen LogP contribution is 2.20. The Bertz CT molecular complexity index is 525. The number of benzene rings is 1. The molecule has 0 amide bonds. The van der Waals surface area contributed by atoms with Crippen LogP contribution in [-0.4, -0.2) is 10.1 Å². The lowest BCUT2D eigenvalue weighted by molar-refractivity contribution is 0.233. The van der Waals surface area contributed by atoms with E-state index < -0.39 is 0 Å². The van der Waals surface area contributed by atoms with E-state index in [-0.39, 0.29) is 18.2 Å². The fraction of sp³-hybridized carbons (Fsp3) is 0.385. The molecule has 0 radical (unpaired) electrons. The van der Waals surface area contributed by atoms with Gasteiger partial charge >= 0.3 is 0 Å². The number of hydrogen-bond donors (Lipinski definition) is 0. The number of rotatable bonds is 5. The SMILES string of the molecule is CCCc1noc(COc2cccc(C)c2F)n1. The Morgan fingerprint density at radius 2 is 2.22 bits per heavy atom. The average molecular weight is 250 g/mol. The Morgan fingerprint density at radius 3 is 3.00 bits per heavy atom. The summed E-state index contributed by atoms with van der Waals surface area (Å²) >= 11 is 0. The summed E-state index contributed by atoms with van der Waals surface area (Å²) < 4.78 is 24.0. The van der Waals surface area contributed by atoms with Crippen molar-refractivity contribution in [1.82, 2.24) is 10.1 Å². The zero-order valence-electron chi connectivity index (χ0n) is 10.4. The van der Waals surface area contributed by atoms with Crippen LogP contribution in [0.1, 0.15) is 30.6 Å². The molecule has 0 unspecified atom stereocenters. The lowest BCUT2D eigenvalue weighted by atomic mass is 10.2. The summed E-state index contributed by atoms with van der Waals surface area (Å²) in [4.78, 5) is 4.14. The zero-order valence-corrected chi connectivity index (χ0v) is 10.4. The van der Waals surface area contributed by atoms with Crippen molar-refractivity contribution in [3.8, 4) is 5.75 Å². The third-order valence-electron chi connectivity index (χ3n) is 2.49. The second-order valence-electron chi connectivity index (χ2n) is 4.03. The minimum atomic E-state index is -0.356. The summed E-state index contributed by atoms with van der Waals surface area (Å²) in [6.45, 7) is 3.81. The summed E-state index contributed by atoms with van der Waals surface area (Å²) in [6, 6.07) is 5.00. The second-order valence-corrected chi connectivity index (χ2v) is 4.03. The van der Waals surface area contributed by atoms with Crippen LogP contribution < -0.4 is 4.74 Å². The minimum Gasteiger partial charge on any atom is -0.481 e. The highest BCUT2D eigenvalue weighted by atomic mass is 19.1. The molecule has 1 heterocycles. The van der Waals surface area contributed by atoms with Crippen LogP contribution in [0, 0.1) is 12.7 Å². The molecule has 0 N–H and O–H groups in total. The molecule has 2 rings (SSSR count). The van der Waals surface area contributed by atoms with E-state index in [1.165, 1.54) is 0 Å². The van der Waals surface area contributed by atoms with Gasteiger partial charge in [-0.2, -0.15) is 4.98 Å². The number of ether oxygens (including phenoxy) is 1. The highest BCUT2D eigenvalue weighted by molar-refractivity contribution is 5.30. The van der Waals surface area contributed by atoms with Crippen molar-refractivity contribution in [3.05, 3.63) is 41.3 Å². The van der Waals surface area contributed by atoms with E-state index >= 15 is 0 Å². The quantitative estimate of drug-likeness (QED) is 0.818. The fourth-order valence-electron chi connectivity index (χ4n) is 1.55. The fourth-order valence-corrected chi connectivity index (χ4v) is 1.55. The van der Waals surface area contributed by atoms with Crippen molar-refractivity contribution in [1.29, 1.82) is 0 Å². The predicted molar refractivity (Wildman–Crippen MR) is 63.8 cm³/mol. The Balaban J connectivity index is 2.00. The molecule has 0 atom stereocenters. The number of aryl methyl sites for hydroxylation is 2. The average Bonchev–Trinajstić information content (AvgIpc) is 2.79. The Hall–Kier alpha value is -1.91. The summed E-state index contributed by atoms with van der Waals surface area (Å²) in [5.74, 6) is 0.858. The van der Waals surface area contributed by atoms with Crippen molar-refractivity contribution in [2.75, 3.05) is 0 Å². The lowest BCUT2D eigenvalue weighted by Crippen LogP contribution is -1.99. The van der Waals surface area contributed by atoms with Crippen molar-refractivity contribution in [2.45, 2.75) is 33.3 Å². The molecule has 4 nitrogen and oxygen atoms in total. The molecule has 18 heavy (non-hydrogen) atoms. The number of aromatic nitrogens is 2. The molecule has 96 valence electrons. The topological polar surface area (TPSA) is 48.2 Å². The lowest BCUT2D eigenvalue weighted by Gasteiger charge is -2.05. The molecule has 0 aliphatic heterocycles. The molecule has 2 aromatic rings. The summed E-state index contributed by atoms with van der Waals surface area (Å²) in [6.07, 6.45) is 1.72. The standard InChI is InChI=1S/C13H15FN2O2/c1-3-5-11-15-12(18-16-11)8-17-10-7-4-6-9(2)13(10)14/h4,6-7H,3,5,8H2,1-2H3. The van der Waals surface area contributed by atoms with Crippen LogP contribution in [0.25, 0.3) is 0 Å². The Morgan fingerprint density at radius 1 is 1.39 bits per heavy atom. The van der Waals surface area contributed by atoms with Crippen LogP contribution in [0.5, 0.6) is 5.75 Å². The Labute approximate surface area is 105 Å². The van der Waals surface area contributed by atoms with Crippen LogP contribution in [0.2, 0.25) is 0 Å². The first kappa shape index (κ1) is 12.5. The van der Waals surface area contributed by atoms with Crippen LogP contribution in [0.15, 0.2) is 22.7 Å². The van der Waals surface area contributed by atoms with E-state index in [4.69, 9.17) is 9.26 Å². The van der Waals surface area contributed by atoms with E-state index in [9.17, 15) is 4.39 Å². The first-order chi connectivity index (χ1) is 8.70. The first-order valence-corrected chi connectivity index (χ1v) is 5.90. The van der Waals surface area contributed by atoms with Gasteiger partial charge in [-0.25, -0.2) is 4.39 Å². The van der Waals surface area contributed by atoms with Gasteiger partial charge in [0.25, 0.3) is 5.89 Å². The zero-order chi connectivity index (χ0) is 13.0. The van der Waals surface area contributed by atoms with Gasteiger partial charge in [-0.1, -0.05) is 24.2 Å². The van der Waals surface area contributed by atoms with Crippen LogP contribution in [0.3, 0.4) is 0 Å². The molecule has 0 saturated heterocycles. The summed E-state index contributed by atoms with van der Waals surface area (Å²) in [5, 5.41) is 3.80. The van der Waals surface area contributed by atoms with Crippen LogP contribution >= 0.6 is 0 Å². The maximum absolute atomic E-state index is 13.6. The maximum Gasteiger partial charge on any atom is 0.264 e. The molecule has 0 aliphatic rings. The monoisotopic (exact) mass is 250 g/mol. The van der Waals surface area contributed by atoms with Gasteiger partial charge in [-0.3, -0.25) is 0 Å². The van der Waals surface area contributed by atoms with Gasteiger partial charge in [0.05, 0.1) is 0 Å². The van der Waals surface area contributed by atoms with Gasteiger partial charge in [0.1, 0.15) is 0 Å². The molecule has 0 spiro atoms. The van der Waals surface area contributed by atoms with Gasteiger partial charge in [-0.05, 0) is 25.0 Å². The smallest absolute Gasteiger partial charge is 0.264 e. The minimum absolute atomic E-state index is 0.0804. The van der Waals surface area contributed by atoms with Crippen molar-refractivity contribution in [2.24, 2.45) is 0 Å². The molecule has 1 aromatic carbocycles. The molecular weight excluding hydrogens is 235 g/mol. The van der Waals surface area contributed by atoms with Crippen LogP contribution in [0.4, 0.5) is 4.39 Å². The molecule has 0 fully saturated rings. The van der Waals surface area contributed by atoms with Gasteiger partial charge in [-0.15, -0.1) is 0 Å². The first-order valence-electron chi connectivity index (χ1n) is 5.90. The summed E-state index contributed by atoms with van der Waals surface area (Å²) in [7, 11) is 0. The largest absolute Gasteiger partial charge is 0.481 e. The van der Waals surface area contributed by atoms with Crippen LogP contribution in [-0.2, 0) is 13.0 Å². The molecule has 0 saturated carbocycles. The van der Waals surface area contributed by atoms with E-state index in [0.717, 1.165) is 12.8 Å². The number of hydrogen-bond acceptors (Lipinski definition) is 4. The van der Waals surface area contributed by atoms with E-state index in [1.807, 2.05) is 6.92 Å². The highest BCUT2D eigenvalue weighted by Gasteiger charge is 2.09.